The number of aromatic nitrogens is 2. The van der Waals surface area contributed by atoms with E-state index in [0.29, 0.717) is 23.2 Å². The van der Waals surface area contributed by atoms with Crippen LogP contribution in [0.1, 0.15) is 37.5 Å². The van der Waals surface area contributed by atoms with Crippen LogP contribution in [0.2, 0.25) is 0 Å². The van der Waals surface area contributed by atoms with Crippen LogP contribution in [-0.2, 0) is 4.74 Å². The number of carbonyl (C=O) groups is 1. The minimum Gasteiger partial charge on any atom is -0.369 e. The third-order valence-electron chi connectivity index (χ3n) is 2.79. The van der Waals surface area contributed by atoms with Gasteiger partial charge in [0.25, 0.3) is 5.91 Å². The zero-order valence-electron chi connectivity index (χ0n) is 11.8. The first kappa shape index (κ1) is 14.2. The van der Waals surface area contributed by atoms with Gasteiger partial charge < -0.3 is 15.0 Å². The van der Waals surface area contributed by atoms with Gasteiger partial charge in [0.1, 0.15) is 0 Å². The molecule has 0 aromatic carbocycles. The van der Waals surface area contributed by atoms with Gasteiger partial charge in [0, 0.05) is 19.6 Å². The van der Waals surface area contributed by atoms with Crippen molar-refractivity contribution in [3.63, 3.8) is 0 Å². The number of amides is 1. The summed E-state index contributed by atoms with van der Waals surface area (Å²) < 4.78 is 5.79. The van der Waals surface area contributed by atoms with Crippen LogP contribution >= 0.6 is 11.3 Å². The molecule has 0 saturated carbocycles. The summed E-state index contributed by atoms with van der Waals surface area (Å²) in [4.78, 5) is 14.2. The molecule has 106 valence electrons. The van der Waals surface area contributed by atoms with Crippen molar-refractivity contribution in [3.05, 3.63) is 5.01 Å². The fourth-order valence-electron chi connectivity index (χ4n) is 2.28. The number of carbonyl (C=O) groups excluding carboxylic acids is 1. The largest absolute Gasteiger partial charge is 0.369 e. The van der Waals surface area contributed by atoms with Gasteiger partial charge in [-0.25, -0.2) is 0 Å². The molecule has 7 heteroatoms. The number of morpholine rings is 1. The normalized spacial score (nSPS) is 22.3. The van der Waals surface area contributed by atoms with Crippen LogP contribution in [0.15, 0.2) is 0 Å². The smallest absolute Gasteiger partial charge is 0.285 e. The van der Waals surface area contributed by atoms with E-state index in [9.17, 15) is 4.79 Å². The SMILES string of the molecule is CCNc1nnc(C(=O)N2CC(C)OC(C)(C)C2)s1. The van der Waals surface area contributed by atoms with Gasteiger partial charge >= 0.3 is 0 Å². The van der Waals surface area contributed by atoms with Crippen molar-refractivity contribution in [2.45, 2.75) is 39.4 Å². The maximum Gasteiger partial charge on any atom is 0.285 e. The molecule has 1 aliphatic heterocycles. The Morgan fingerprint density at radius 3 is 2.95 bits per heavy atom. The van der Waals surface area contributed by atoms with Crippen LogP contribution in [-0.4, -0.2) is 52.3 Å². The molecule has 1 saturated heterocycles. The number of hydrogen-bond donors (Lipinski definition) is 1. The lowest BCUT2D eigenvalue weighted by Gasteiger charge is -2.41. The van der Waals surface area contributed by atoms with Crippen molar-refractivity contribution in [1.29, 1.82) is 0 Å². The first-order valence-corrected chi connectivity index (χ1v) is 7.27. The number of ether oxygens (including phenoxy) is 1. The van der Waals surface area contributed by atoms with E-state index in [1.807, 2.05) is 27.7 Å². The lowest BCUT2D eigenvalue weighted by atomic mass is 10.1. The molecular weight excluding hydrogens is 264 g/mol. The van der Waals surface area contributed by atoms with Gasteiger partial charge in [0.05, 0.1) is 11.7 Å². The molecule has 0 radical (unpaired) electrons. The third kappa shape index (κ3) is 3.42. The Morgan fingerprint density at radius 2 is 2.32 bits per heavy atom. The van der Waals surface area contributed by atoms with E-state index in [0.717, 1.165) is 6.54 Å². The molecule has 0 spiro atoms. The highest BCUT2D eigenvalue weighted by Crippen LogP contribution is 2.24. The molecule has 6 nitrogen and oxygen atoms in total. The summed E-state index contributed by atoms with van der Waals surface area (Å²) >= 11 is 1.30. The number of hydrogen-bond acceptors (Lipinski definition) is 6. The molecule has 1 N–H and O–H groups in total. The van der Waals surface area contributed by atoms with Crippen LogP contribution in [0, 0.1) is 0 Å². The quantitative estimate of drug-likeness (QED) is 0.913. The highest BCUT2D eigenvalue weighted by Gasteiger charge is 2.35. The van der Waals surface area contributed by atoms with Crippen LogP contribution in [0.25, 0.3) is 0 Å². The second-order valence-electron chi connectivity index (χ2n) is 5.32. The lowest BCUT2D eigenvalue weighted by Crippen LogP contribution is -2.53. The predicted molar refractivity (Wildman–Crippen MR) is 74.6 cm³/mol. The van der Waals surface area contributed by atoms with Crippen LogP contribution < -0.4 is 5.32 Å². The molecule has 1 atom stereocenters. The summed E-state index contributed by atoms with van der Waals surface area (Å²) in [5.41, 5.74) is -0.317. The zero-order valence-corrected chi connectivity index (χ0v) is 12.6. The molecule has 2 rings (SSSR count). The first-order chi connectivity index (χ1) is 8.91. The number of anilines is 1. The van der Waals surface area contributed by atoms with Crippen molar-refractivity contribution in [2.24, 2.45) is 0 Å². The Labute approximate surface area is 117 Å². The fraction of sp³-hybridized carbons (Fsp3) is 0.750. The second-order valence-corrected chi connectivity index (χ2v) is 6.29. The Kier molecular flexibility index (Phi) is 4.05. The second kappa shape index (κ2) is 5.42. The van der Waals surface area contributed by atoms with Gasteiger partial charge in [0.15, 0.2) is 0 Å². The standard InChI is InChI=1S/C12H20N4O2S/c1-5-13-11-15-14-9(19-11)10(17)16-6-8(2)18-12(3,4)7-16/h8H,5-7H2,1-4H3,(H,13,15). The summed E-state index contributed by atoms with van der Waals surface area (Å²) in [6, 6.07) is 0. The summed E-state index contributed by atoms with van der Waals surface area (Å²) in [6.45, 7) is 9.88. The van der Waals surface area contributed by atoms with Gasteiger partial charge in [-0.3, -0.25) is 4.79 Å². The van der Waals surface area contributed by atoms with Crippen molar-refractivity contribution in [3.8, 4) is 0 Å². The average Bonchev–Trinajstić information content (AvgIpc) is 2.74. The average molecular weight is 284 g/mol. The van der Waals surface area contributed by atoms with Crippen molar-refractivity contribution >= 4 is 22.4 Å². The first-order valence-electron chi connectivity index (χ1n) is 6.46. The van der Waals surface area contributed by atoms with Crippen LogP contribution in [0.5, 0.6) is 0 Å². The van der Waals surface area contributed by atoms with Gasteiger partial charge in [-0.15, -0.1) is 10.2 Å². The summed E-state index contributed by atoms with van der Waals surface area (Å²) in [7, 11) is 0. The summed E-state index contributed by atoms with van der Waals surface area (Å²) in [6.07, 6.45) is 0.0360. The minimum absolute atomic E-state index is 0.0360. The van der Waals surface area contributed by atoms with Crippen LogP contribution in [0.3, 0.4) is 0 Å². The molecule has 1 amide bonds. The molecule has 2 heterocycles. The predicted octanol–water partition coefficient (Wildman–Crippen LogP) is 1.61. The Morgan fingerprint density at radius 1 is 1.58 bits per heavy atom. The van der Waals surface area contributed by atoms with E-state index in [-0.39, 0.29) is 17.6 Å². The molecule has 0 aliphatic carbocycles. The maximum absolute atomic E-state index is 12.4. The van der Waals surface area contributed by atoms with Gasteiger partial charge in [-0.2, -0.15) is 0 Å². The molecule has 0 bridgehead atoms. The third-order valence-corrected chi connectivity index (χ3v) is 3.66. The number of nitrogens with zero attached hydrogens (tertiary/aromatic N) is 3. The highest BCUT2D eigenvalue weighted by atomic mass is 32.1. The van der Waals surface area contributed by atoms with E-state index < -0.39 is 0 Å². The molecule has 1 aromatic heterocycles. The fourth-order valence-corrected chi connectivity index (χ4v) is 3.06. The lowest BCUT2D eigenvalue weighted by molar-refractivity contribution is -0.118. The molecule has 19 heavy (non-hydrogen) atoms. The van der Waals surface area contributed by atoms with Crippen molar-refractivity contribution in [2.75, 3.05) is 25.0 Å². The monoisotopic (exact) mass is 284 g/mol. The van der Waals surface area contributed by atoms with Gasteiger partial charge in [-0.05, 0) is 27.7 Å². The highest BCUT2D eigenvalue weighted by molar-refractivity contribution is 7.17. The molecule has 1 aromatic rings. The Hall–Kier alpha value is -1.21. The van der Waals surface area contributed by atoms with Crippen molar-refractivity contribution < 1.29 is 9.53 Å². The van der Waals surface area contributed by atoms with E-state index in [2.05, 4.69) is 15.5 Å². The minimum atomic E-state index is -0.317. The van der Waals surface area contributed by atoms with E-state index in [1.54, 1.807) is 4.90 Å². The summed E-state index contributed by atoms with van der Waals surface area (Å²) in [5, 5.41) is 12.1. The number of nitrogens with one attached hydrogen (secondary N) is 1. The zero-order chi connectivity index (χ0) is 14.0. The maximum atomic E-state index is 12.4. The Balaban J connectivity index is 2.09. The van der Waals surface area contributed by atoms with Crippen molar-refractivity contribution in [1.82, 2.24) is 15.1 Å². The topological polar surface area (TPSA) is 67.4 Å². The van der Waals surface area contributed by atoms with E-state index >= 15 is 0 Å². The Bertz CT molecular complexity index is 460. The summed E-state index contributed by atoms with van der Waals surface area (Å²) in [5.74, 6) is -0.0649. The van der Waals surface area contributed by atoms with Gasteiger partial charge in [0.2, 0.25) is 10.1 Å². The van der Waals surface area contributed by atoms with E-state index in [1.165, 1.54) is 11.3 Å². The van der Waals surface area contributed by atoms with E-state index in [4.69, 9.17) is 4.74 Å². The van der Waals surface area contributed by atoms with Crippen LogP contribution in [0.4, 0.5) is 5.13 Å². The molecule has 1 aliphatic rings. The molecule has 1 fully saturated rings. The molecule has 1 unspecified atom stereocenters. The molecular formula is C12H20N4O2S. The number of rotatable bonds is 3. The van der Waals surface area contributed by atoms with Gasteiger partial charge in [-0.1, -0.05) is 11.3 Å².